The summed E-state index contributed by atoms with van der Waals surface area (Å²) in [6.07, 6.45) is 4.79. The Labute approximate surface area is 212 Å². The fourth-order valence-corrected chi connectivity index (χ4v) is 5.78. The van der Waals surface area contributed by atoms with Gasteiger partial charge in [-0.25, -0.2) is 9.78 Å². The molecule has 2 fully saturated rings. The number of carbonyl (C=O) groups is 1. The van der Waals surface area contributed by atoms with Gasteiger partial charge in [-0.3, -0.25) is 0 Å². The molecule has 2 amide bonds. The number of H-pyrrole nitrogens is 1. The SMILES string of the molecule is Cc1c[nH]c2ncc(-c3cc4c(c([C@@H]5COCCN5)c3)CN(C(=O)N3CCOCC3(C)C)CC4)cc12. The summed E-state index contributed by atoms with van der Waals surface area (Å²) in [5.41, 5.74) is 7.87. The molecule has 0 aliphatic carbocycles. The average molecular weight is 490 g/mol. The van der Waals surface area contributed by atoms with Gasteiger partial charge in [-0.1, -0.05) is 6.07 Å². The second kappa shape index (κ2) is 9.18. The Morgan fingerprint density at radius 2 is 2.03 bits per heavy atom. The molecule has 2 saturated heterocycles. The number of urea groups is 1. The maximum absolute atomic E-state index is 13.6. The number of pyridine rings is 1. The van der Waals surface area contributed by atoms with Crippen molar-refractivity contribution in [3.63, 3.8) is 0 Å². The highest BCUT2D eigenvalue weighted by Crippen LogP contribution is 2.35. The summed E-state index contributed by atoms with van der Waals surface area (Å²) in [5.74, 6) is 0. The molecule has 1 atom stereocenters. The third-order valence-electron chi connectivity index (χ3n) is 7.89. The smallest absolute Gasteiger partial charge is 0.320 e. The van der Waals surface area contributed by atoms with Crippen LogP contribution in [0.5, 0.6) is 0 Å². The molecule has 0 saturated carbocycles. The second-order valence-corrected chi connectivity index (χ2v) is 10.8. The van der Waals surface area contributed by atoms with Crippen LogP contribution in [0.15, 0.2) is 30.6 Å². The average Bonchev–Trinajstić information content (AvgIpc) is 3.27. The number of ether oxygens (including phenoxy) is 2. The number of nitrogens with one attached hydrogen (secondary N) is 2. The number of rotatable bonds is 2. The molecule has 3 aliphatic heterocycles. The third kappa shape index (κ3) is 4.17. The summed E-state index contributed by atoms with van der Waals surface area (Å²) in [7, 11) is 0. The Morgan fingerprint density at radius 3 is 2.83 bits per heavy atom. The Kier molecular flexibility index (Phi) is 5.98. The zero-order valence-corrected chi connectivity index (χ0v) is 21.4. The quantitative estimate of drug-likeness (QED) is 0.572. The van der Waals surface area contributed by atoms with Gasteiger partial charge in [-0.2, -0.15) is 0 Å². The van der Waals surface area contributed by atoms with E-state index in [0.717, 1.165) is 36.2 Å². The lowest BCUT2D eigenvalue weighted by Crippen LogP contribution is -2.59. The third-order valence-corrected chi connectivity index (χ3v) is 7.89. The molecule has 190 valence electrons. The lowest BCUT2D eigenvalue weighted by atomic mass is 9.87. The molecule has 0 radical (unpaired) electrons. The van der Waals surface area contributed by atoms with Crippen LogP contribution in [0.3, 0.4) is 0 Å². The molecule has 0 unspecified atom stereocenters. The molecule has 8 heteroatoms. The van der Waals surface area contributed by atoms with E-state index in [-0.39, 0.29) is 17.6 Å². The number of fused-ring (bicyclic) bond motifs is 2. The molecule has 6 rings (SSSR count). The van der Waals surface area contributed by atoms with Gasteiger partial charge in [-0.15, -0.1) is 0 Å². The number of aryl methyl sites for hydroxylation is 1. The number of hydrogen-bond donors (Lipinski definition) is 2. The van der Waals surface area contributed by atoms with Crippen molar-refractivity contribution < 1.29 is 14.3 Å². The van der Waals surface area contributed by atoms with E-state index in [9.17, 15) is 4.79 Å². The zero-order valence-electron chi connectivity index (χ0n) is 21.4. The summed E-state index contributed by atoms with van der Waals surface area (Å²) < 4.78 is 11.5. The molecule has 3 aliphatic rings. The van der Waals surface area contributed by atoms with E-state index in [4.69, 9.17) is 9.47 Å². The van der Waals surface area contributed by atoms with E-state index >= 15 is 0 Å². The van der Waals surface area contributed by atoms with Crippen LogP contribution in [0.25, 0.3) is 22.2 Å². The van der Waals surface area contributed by atoms with Gasteiger partial charge in [0.15, 0.2) is 0 Å². The molecule has 8 nitrogen and oxygen atoms in total. The number of aromatic nitrogens is 2. The molecule has 36 heavy (non-hydrogen) atoms. The first-order valence-electron chi connectivity index (χ1n) is 13.0. The van der Waals surface area contributed by atoms with Gasteiger partial charge < -0.3 is 29.6 Å². The van der Waals surface area contributed by atoms with Crippen LogP contribution in [0.2, 0.25) is 0 Å². The maximum atomic E-state index is 13.6. The number of hydrogen-bond acceptors (Lipinski definition) is 5. The van der Waals surface area contributed by atoms with Crippen LogP contribution in [0, 0.1) is 6.92 Å². The van der Waals surface area contributed by atoms with Crippen LogP contribution < -0.4 is 5.32 Å². The Hall–Kier alpha value is -2.94. The Morgan fingerprint density at radius 1 is 1.14 bits per heavy atom. The molecule has 5 heterocycles. The minimum Gasteiger partial charge on any atom is -0.378 e. The monoisotopic (exact) mass is 489 g/mol. The predicted molar refractivity (Wildman–Crippen MR) is 139 cm³/mol. The number of morpholine rings is 2. The van der Waals surface area contributed by atoms with Crippen molar-refractivity contribution in [2.24, 2.45) is 0 Å². The van der Waals surface area contributed by atoms with Gasteiger partial charge in [0.25, 0.3) is 0 Å². The molecule has 3 aromatic rings. The van der Waals surface area contributed by atoms with Crippen LogP contribution in [0.1, 0.15) is 42.1 Å². The van der Waals surface area contributed by atoms with E-state index < -0.39 is 0 Å². The van der Waals surface area contributed by atoms with Gasteiger partial charge in [-0.05, 0) is 67.1 Å². The lowest BCUT2D eigenvalue weighted by molar-refractivity contribution is -0.0358. The highest BCUT2D eigenvalue weighted by atomic mass is 16.5. The van der Waals surface area contributed by atoms with Crippen LogP contribution in [-0.4, -0.2) is 77.4 Å². The minimum atomic E-state index is -0.303. The zero-order chi connectivity index (χ0) is 24.9. The van der Waals surface area contributed by atoms with Gasteiger partial charge in [0.1, 0.15) is 5.65 Å². The summed E-state index contributed by atoms with van der Waals surface area (Å²) in [5, 5.41) is 4.79. The van der Waals surface area contributed by atoms with Crippen molar-refractivity contribution in [3.8, 4) is 11.1 Å². The first-order chi connectivity index (χ1) is 17.4. The highest BCUT2D eigenvalue weighted by Gasteiger charge is 2.38. The molecular weight excluding hydrogens is 454 g/mol. The first kappa shape index (κ1) is 23.5. The first-order valence-corrected chi connectivity index (χ1v) is 13.0. The fraction of sp³-hybridized carbons (Fsp3) is 0.500. The molecule has 1 aromatic carbocycles. The van der Waals surface area contributed by atoms with Gasteiger partial charge in [0.05, 0.1) is 38.0 Å². The molecule has 0 spiro atoms. The summed E-state index contributed by atoms with van der Waals surface area (Å²) in [6, 6.07) is 7.02. The van der Waals surface area contributed by atoms with Crippen molar-refractivity contribution in [2.75, 3.05) is 46.1 Å². The van der Waals surface area contributed by atoms with Crippen molar-refractivity contribution >= 4 is 17.1 Å². The van der Waals surface area contributed by atoms with Gasteiger partial charge in [0.2, 0.25) is 0 Å². The fourth-order valence-electron chi connectivity index (χ4n) is 5.78. The van der Waals surface area contributed by atoms with Crippen molar-refractivity contribution in [1.29, 1.82) is 0 Å². The maximum Gasteiger partial charge on any atom is 0.320 e. The van der Waals surface area contributed by atoms with Crippen LogP contribution in [0.4, 0.5) is 4.79 Å². The minimum absolute atomic E-state index is 0.105. The highest BCUT2D eigenvalue weighted by molar-refractivity contribution is 5.85. The molecule has 2 aromatic heterocycles. The van der Waals surface area contributed by atoms with E-state index in [1.165, 1.54) is 27.8 Å². The normalized spacial score (nSPS) is 22.0. The number of nitrogens with zero attached hydrogens (tertiary/aromatic N) is 3. The number of benzene rings is 1. The Bertz CT molecular complexity index is 1290. The standard InChI is InChI=1S/C28H35N5O3/c1-18-13-30-26-22(18)12-21(14-31-26)20-10-19-4-6-32(27(34)33-7-9-36-17-28(33,2)3)15-24(19)23(11-20)25-16-35-8-5-29-25/h10-14,25,29H,4-9,15-17H2,1-3H3,(H,30,31)/t25-/m0/s1. The summed E-state index contributed by atoms with van der Waals surface area (Å²) in [4.78, 5) is 25.5. The van der Waals surface area contributed by atoms with Crippen molar-refractivity contribution in [3.05, 3.63) is 52.8 Å². The van der Waals surface area contributed by atoms with Gasteiger partial charge >= 0.3 is 6.03 Å². The van der Waals surface area contributed by atoms with E-state index in [1.807, 2.05) is 22.2 Å². The Balaban J connectivity index is 1.37. The molecule has 0 bridgehead atoms. The van der Waals surface area contributed by atoms with E-state index in [0.29, 0.717) is 39.5 Å². The van der Waals surface area contributed by atoms with E-state index in [1.54, 1.807) is 0 Å². The largest absolute Gasteiger partial charge is 0.378 e. The van der Waals surface area contributed by atoms with Crippen LogP contribution in [-0.2, 0) is 22.4 Å². The van der Waals surface area contributed by atoms with Crippen LogP contribution >= 0.6 is 0 Å². The number of carbonyl (C=O) groups excluding carboxylic acids is 1. The molecular formula is C28H35N5O3. The van der Waals surface area contributed by atoms with Crippen molar-refractivity contribution in [2.45, 2.75) is 45.3 Å². The summed E-state index contributed by atoms with van der Waals surface area (Å²) >= 11 is 0. The van der Waals surface area contributed by atoms with E-state index in [2.05, 4.69) is 54.3 Å². The number of amides is 2. The lowest BCUT2D eigenvalue weighted by Gasteiger charge is -2.45. The van der Waals surface area contributed by atoms with Crippen molar-refractivity contribution in [1.82, 2.24) is 25.1 Å². The predicted octanol–water partition coefficient (Wildman–Crippen LogP) is 3.79. The topological polar surface area (TPSA) is 82.7 Å². The van der Waals surface area contributed by atoms with Gasteiger partial charge in [0, 0.05) is 49.5 Å². The summed E-state index contributed by atoms with van der Waals surface area (Å²) in [6.45, 7) is 11.6. The number of aromatic amines is 1. The molecule has 2 N–H and O–H groups in total. The second-order valence-electron chi connectivity index (χ2n) is 10.8.